The Kier molecular flexibility index (Phi) is 3.91. The van der Waals surface area contributed by atoms with Crippen molar-refractivity contribution in [1.29, 1.82) is 0 Å². The molecule has 2 aromatic heterocycles. The molecule has 3 rings (SSSR count). The largest absolute Gasteiger partial charge is 0.362 e. The minimum Gasteiger partial charge on any atom is -0.362 e. The van der Waals surface area contributed by atoms with Gasteiger partial charge < -0.3 is 4.52 Å². The van der Waals surface area contributed by atoms with Gasteiger partial charge in [0.2, 0.25) is 0 Å². The molecule has 8 heteroatoms. The highest BCUT2D eigenvalue weighted by atomic mass is 32.2. The summed E-state index contributed by atoms with van der Waals surface area (Å²) in [6.07, 6.45) is 2.53. The molecule has 2 heterocycles. The summed E-state index contributed by atoms with van der Waals surface area (Å²) in [4.78, 5) is 0.176. The summed E-state index contributed by atoms with van der Waals surface area (Å²) in [6.45, 7) is 3.93. The third-order valence-corrected chi connectivity index (χ3v) is 5.08. The van der Waals surface area contributed by atoms with Gasteiger partial charge >= 0.3 is 0 Å². The molecule has 0 radical (unpaired) electrons. The number of hydrogen-bond donors (Lipinski definition) is 1. The third kappa shape index (κ3) is 3.11. The monoisotopic (exact) mass is 332 g/mol. The van der Waals surface area contributed by atoms with Gasteiger partial charge in [-0.1, -0.05) is 35.5 Å². The van der Waals surface area contributed by atoms with Crippen LogP contribution in [0.2, 0.25) is 0 Å². The van der Waals surface area contributed by atoms with E-state index in [0.717, 1.165) is 5.56 Å². The van der Waals surface area contributed by atoms with Gasteiger partial charge in [0.15, 0.2) is 0 Å². The van der Waals surface area contributed by atoms with Crippen LogP contribution in [0.15, 0.2) is 52.2 Å². The van der Waals surface area contributed by atoms with E-state index in [0.29, 0.717) is 17.9 Å². The van der Waals surface area contributed by atoms with Crippen LogP contribution in [0.3, 0.4) is 0 Å². The molecule has 0 fully saturated rings. The normalized spacial score (nSPS) is 11.6. The van der Waals surface area contributed by atoms with E-state index in [1.165, 1.54) is 12.5 Å². The quantitative estimate of drug-likeness (QED) is 0.774. The van der Waals surface area contributed by atoms with Crippen molar-refractivity contribution in [3.05, 3.63) is 59.7 Å². The SMILES string of the molecule is Cc1nn(Cc2ccccc2)c(C)c1S(=O)(=O)Nc1cnoc1. The Balaban J connectivity index is 1.94. The molecule has 0 unspecified atom stereocenters. The first-order valence-electron chi connectivity index (χ1n) is 6.97. The van der Waals surface area contributed by atoms with Crippen molar-refractivity contribution in [3.63, 3.8) is 0 Å². The molecule has 0 atom stereocenters. The first kappa shape index (κ1) is 15.3. The fourth-order valence-corrected chi connectivity index (χ4v) is 3.88. The Morgan fingerprint density at radius 2 is 1.96 bits per heavy atom. The van der Waals surface area contributed by atoms with E-state index in [4.69, 9.17) is 0 Å². The molecule has 0 saturated carbocycles. The molecule has 0 aliphatic carbocycles. The minimum absolute atomic E-state index is 0.176. The molecule has 0 spiro atoms. The molecule has 3 aromatic rings. The van der Waals surface area contributed by atoms with Gasteiger partial charge in [0.25, 0.3) is 10.0 Å². The van der Waals surface area contributed by atoms with Gasteiger partial charge in [-0.05, 0) is 19.4 Å². The standard InChI is InChI=1S/C15H16N4O3S/c1-11-15(23(20,21)18-14-8-16-22-10-14)12(2)19(17-11)9-13-6-4-3-5-7-13/h3-8,10,18H,9H2,1-2H3. The van der Waals surface area contributed by atoms with E-state index in [2.05, 4.69) is 19.5 Å². The Bertz CT molecular complexity index is 900. The van der Waals surface area contributed by atoms with E-state index < -0.39 is 10.0 Å². The fraction of sp³-hybridized carbons (Fsp3) is 0.200. The zero-order valence-electron chi connectivity index (χ0n) is 12.7. The minimum atomic E-state index is -3.75. The van der Waals surface area contributed by atoms with Gasteiger partial charge in [-0.15, -0.1) is 0 Å². The number of nitrogens with zero attached hydrogens (tertiary/aromatic N) is 3. The number of anilines is 1. The lowest BCUT2D eigenvalue weighted by atomic mass is 10.2. The van der Waals surface area contributed by atoms with E-state index in [1.54, 1.807) is 18.5 Å². The van der Waals surface area contributed by atoms with Gasteiger partial charge in [0.1, 0.15) is 16.8 Å². The van der Waals surface area contributed by atoms with Crippen molar-refractivity contribution >= 4 is 15.7 Å². The van der Waals surface area contributed by atoms with Crippen molar-refractivity contribution in [1.82, 2.24) is 14.9 Å². The Hall–Kier alpha value is -2.61. The maximum Gasteiger partial charge on any atom is 0.265 e. The average molecular weight is 332 g/mol. The summed E-state index contributed by atoms with van der Waals surface area (Å²) < 4.78 is 33.9. The van der Waals surface area contributed by atoms with Crippen LogP contribution in [-0.2, 0) is 16.6 Å². The second kappa shape index (κ2) is 5.88. The lowest BCUT2D eigenvalue weighted by molar-refractivity contribution is 0.420. The van der Waals surface area contributed by atoms with E-state index >= 15 is 0 Å². The number of sulfonamides is 1. The predicted molar refractivity (Wildman–Crippen MR) is 84.6 cm³/mol. The van der Waals surface area contributed by atoms with Crippen molar-refractivity contribution in [2.45, 2.75) is 25.3 Å². The van der Waals surface area contributed by atoms with Crippen LogP contribution in [0.4, 0.5) is 5.69 Å². The zero-order valence-corrected chi connectivity index (χ0v) is 13.5. The van der Waals surface area contributed by atoms with Crippen LogP contribution in [0.5, 0.6) is 0 Å². The second-order valence-corrected chi connectivity index (χ2v) is 6.78. The maximum absolute atomic E-state index is 12.6. The highest BCUT2D eigenvalue weighted by Gasteiger charge is 2.25. The van der Waals surface area contributed by atoms with Crippen LogP contribution in [0.25, 0.3) is 0 Å². The van der Waals surface area contributed by atoms with Gasteiger partial charge in [0, 0.05) is 0 Å². The van der Waals surface area contributed by atoms with Crippen molar-refractivity contribution in [3.8, 4) is 0 Å². The van der Waals surface area contributed by atoms with Gasteiger partial charge in [-0.2, -0.15) is 5.10 Å². The van der Waals surface area contributed by atoms with E-state index in [9.17, 15) is 8.42 Å². The van der Waals surface area contributed by atoms with Gasteiger partial charge in [0.05, 0.1) is 24.1 Å². The topological polar surface area (TPSA) is 90.0 Å². The summed E-state index contributed by atoms with van der Waals surface area (Å²) in [6, 6.07) is 9.75. The van der Waals surface area contributed by atoms with E-state index in [-0.39, 0.29) is 10.6 Å². The molecule has 0 aliphatic heterocycles. The van der Waals surface area contributed by atoms with Crippen LogP contribution in [-0.4, -0.2) is 23.4 Å². The molecule has 23 heavy (non-hydrogen) atoms. The second-order valence-electron chi connectivity index (χ2n) is 5.16. The third-order valence-electron chi connectivity index (χ3n) is 3.44. The summed E-state index contributed by atoms with van der Waals surface area (Å²) >= 11 is 0. The van der Waals surface area contributed by atoms with Crippen molar-refractivity contribution in [2.24, 2.45) is 0 Å². The molecule has 1 N–H and O–H groups in total. The Morgan fingerprint density at radius 1 is 1.22 bits per heavy atom. The van der Waals surface area contributed by atoms with E-state index in [1.807, 2.05) is 30.3 Å². The predicted octanol–water partition coefficient (Wildman–Crippen LogP) is 2.34. The number of aromatic nitrogens is 3. The highest BCUT2D eigenvalue weighted by molar-refractivity contribution is 7.92. The van der Waals surface area contributed by atoms with Gasteiger partial charge in [-0.25, -0.2) is 8.42 Å². The fourth-order valence-electron chi connectivity index (χ4n) is 2.44. The molecular weight excluding hydrogens is 316 g/mol. The molecule has 0 aliphatic rings. The number of benzene rings is 1. The van der Waals surface area contributed by atoms with Crippen LogP contribution < -0.4 is 4.72 Å². The first-order chi connectivity index (χ1) is 11.0. The average Bonchev–Trinajstić information content (AvgIpc) is 3.08. The summed E-state index contributed by atoms with van der Waals surface area (Å²) in [5.41, 5.74) is 2.35. The number of hydrogen-bond acceptors (Lipinski definition) is 5. The van der Waals surface area contributed by atoms with Crippen LogP contribution >= 0.6 is 0 Å². The van der Waals surface area contributed by atoms with Gasteiger partial charge in [-0.3, -0.25) is 9.40 Å². The Labute approximate surface area is 134 Å². The molecule has 0 bridgehead atoms. The number of aryl methyl sites for hydroxylation is 1. The molecule has 1 aromatic carbocycles. The lowest BCUT2D eigenvalue weighted by Crippen LogP contribution is -2.14. The summed E-state index contributed by atoms with van der Waals surface area (Å²) in [5.74, 6) is 0. The van der Waals surface area contributed by atoms with Crippen LogP contribution in [0, 0.1) is 13.8 Å². The number of nitrogens with one attached hydrogen (secondary N) is 1. The zero-order chi connectivity index (χ0) is 16.4. The molecular formula is C15H16N4O3S. The van der Waals surface area contributed by atoms with Crippen molar-refractivity contribution < 1.29 is 12.9 Å². The number of rotatable bonds is 5. The summed E-state index contributed by atoms with van der Waals surface area (Å²) in [7, 11) is -3.75. The first-order valence-corrected chi connectivity index (χ1v) is 8.46. The summed E-state index contributed by atoms with van der Waals surface area (Å²) in [5, 5.41) is 7.84. The molecule has 0 amide bonds. The van der Waals surface area contributed by atoms with Crippen LogP contribution in [0.1, 0.15) is 17.0 Å². The molecule has 7 nitrogen and oxygen atoms in total. The molecule has 120 valence electrons. The maximum atomic E-state index is 12.6. The van der Waals surface area contributed by atoms with Crippen molar-refractivity contribution in [2.75, 3.05) is 4.72 Å². The Morgan fingerprint density at radius 3 is 2.61 bits per heavy atom. The smallest absolute Gasteiger partial charge is 0.265 e. The lowest BCUT2D eigenvalue weighted by Gasteiger charge is -2.07. The molecule has 0 saturated heterocycles. The highest BCUT2D eigenvalue weighted by Crippen LogP contribution is 2.23.